The summed E-state index contributed by atoms with van der Waals surface area (Å²) >= 11 is 0. The lowest BCUT2D eigenvalue weighted by molar-refractivity contribution is 0.664. The van der Waals surface area contributed by atoms with E-state index < -0.39 is 0 Å². The number of imidazole rings is 1. The van der Waals surface area contributed by atoms with Gasteiger partial charge in [-0.05, 0) is 11.6 Å². The molecule has 0 unspecified atom stereocenters. The molecule has 0 saturated heterocycles. The topological polar surface area (TPSA) is 56.7 Å². The molecular weight excluding hydrogens is 212 g/mol. The highest BCUT2D eigenvalue weighted by Crippen LogP contribution is 2.15. The molecule has 4 nitrogen and oxygen atoms in total. The number of rotatable bonds is 4. The van der Waals surface area contributed by atoms with E-state index in [-0.39, 0.29) is 0 Å². The number of nitrogens with zero attached hydrogens (tertiary/aromatic N) is 3. The zero-order valence-corrected chi connectivity index (χ0v) is 10.3. The smallest absolute Gasteiger partial charge is 0.111 e. The van der Waals surface area contributed by atoms with Crippen LogP contribution >= 0.6 is 0 Å². The zero-order valence-electron chi connectivity index (χ0n) is 10.3. The second-order valence-electron chi connectivity index (χ2n) is 4.38. The maximum absolute atomic E-state index is 5.69. The lowest BCUT2D eigenvalue weighted by atomic mass is 10.1. The Morgan fingerprint density at radius 2 is 2.12 bits per heavy atom. The maximum atomic E-state index is 5.69. The van der Waals surface area contributed by atoms with Gasteiger partial charge in [-0.15, -0.1) is 0 Å². The summed E-state index contributed by atoms with van der Waals surface area (Å²) in [5.74, 6) is 1.51. The summed E-state index contributed by atoms with van der Waals surface area (Å²) < 4.78 is 2.15. The molecule has 0 amide bonds. The molecular formula is C13H18N4. The van der Waals surface area contributed by atoms with Gasteiger partial charge in [-0.3, -0.25) is 4.98 Å². The van der Waals surface area contributed by atoms with Gasteiger partial charge in [0.1, 0.15) is 5.82 Å². The Bertz CT molecular complexity index is 488. The normalized spacial score (nSPS) is 11.1. The first-order chi connectivity index (χ1) is 8.22. The summed E-state index contributed by atoms with van der Waals surface area (Å²) in [4.78, 5) is 8.67. The van der Waals surface area contributed by atoms with E-state index in [9.17, 15) is 0 Å². The van der Waals surface area contributed by atoms with E-state index in [4.69, 9.17) is 5.73 Å². The molecule has 2 rings (SSSR count). The van der Waals surface area contributed by atoms with E-state index in [1.54, 1.807) is 6.20 Å². The van der Waals surface area contributed by atoms with Crippen LogP contribution in [0.5, 0.6) is 0 Å². The van der Waals surface area contributed by atoms with Crippen molar-refractivity contribution in [2.75, 3.05) is 0 Å². The highest BCUT2D eigenvalue weighted by atomic mass is 15.1. The summed E-state index contributed by atoms with van der Waals surface area (Å²) in [6.07, 6.45) is 5.62. The fraction of sp³-hybridized carbons (Fsp3) is 0.385. The van der Waals surface area contributed by atoms with Crippen molar-refractivity contribution >= 4 is 0 Å². The van der Waals surface area contributed by atoms with Crippen LogP contribution in [-0.2, 0) is 13.1 Å². The quantitative estimate of drug-likeness (QED) is 0.872. The Morgan fingerprint density at radius 3 is 2.82 bits per heavy atom. The summed E-state index contributed by atoms with van der Waals surface area (Å²) in [6.45, 7) is 5.55. The van der Waals surface area contributed by atoms with Gasteiger partial charge >= 0.3 is 0 Å². The van der Waals surface area contributed by atoms with Gasteiger partial charge < -0.3 is 10.3 Å². The molecule has 0 aliphatic heterocycles. The van der Waals surface area contributed by atoms with Crippen molar-refractivity contribution in [1.29, 1.82) is 0 Å². The van der Waals surface area contributed by atoms with Gasteiger partial charge in [0, 0.05) is 31.1 Å². The third-order valence-corrected chi connectivity index (χ3v) is 2.78. The van der Waals surface area contributed by atoms with E-state index in [2.05, 4.69) is 34.4 Å². The number of pyridine rings is 1. The number of hydrogen-bond acceptors (Lipinski definition) is 3. The minimum atomic E-state index is 0.419. The van der Waals surface area contributed by atoms with Crippen LogP contribution in [0, 0.1) is 0 Å². The number of nitrogens with two attached hydrogens (primary N) is 1. The number of aromatic nitrogens is 3. The molecule has 0 aliphatic carbocycles. The molecule has 0 saturated carbocycles. The van der Waals surface area contributed by atoms with Gasteiger partial charge in [-0.2, -0.15) is 0 Å². The fourth-order valence-corrected chi connectivity index (χ4v) is 1.94. The van der Waals surface area contributed by atoms with Crippen LogP contribution in [0.2, 0.25) is 0 Å². The van der Waals surface area contributed by atoms with E-state index in [1.165, 1.54) is 0 Å². The van der Waals surface area contributed by atoms with E-state index >= 15 is 0 Å². The van der Waals surface area contributed by atoms with Crippen LogP contribution in [0.4, 0.5) is 0 Å². The largest absolute Gasteiger partial charge is 0.330 e. The summed E-state index contributed by atoms with van der Waals surface area (Å²) in [6, 6.07) is 4.01. The Hall–Kier alpha value is -1.68. The molecule has 0 atom stereocenters. The van der Waals surface area contributed by atoms with Gasteiger partial charge in [-0.1, -0.05) is 19.9 Å². The lowest BCUT2D eigenvalue weighted by Gasteiger charge is -2.12. The lowest BCUT2D eigenvalue weighted by Crippen LogP contribution is -2.10. The Kier molecular flexibility index (Phi) is 3.54. The van der Waals surface area contributed by atoms with Crippen LogP contribution < -0.4 is 5.73 Å². The average Bonchev–Trinajstić information content (AvgIpc) is 2.78. The molecule has 2 aromatic heterocycles. The minimum Gasteiger partial charge on any atom is -0.330 e. The van der Waals surface area contributed by atoms with E-state index in [0.717, 1.165) is 23.6 Å². The average molecular weight is 230 g/mol. The van der Waals surface area contributed by atoms with Gasteiger partial charge in [0.25, 0.3) is 0 Å². The summed E-state index contributed by atoms with van der Waals surface area (Å²) in [5.41, 5.74) is 7.81. The maximum Gasteiger partial charge on any atom is 0.111 e. The molecule has 0 aromatic carbocycles. The summed E-state index contributed by atoms with van der Waals surface area (Å²) in [7, 11) is 0. The van der Waals surface area contributed by atoms with Gasteiger partial charge in [0.15, 0.2) is 0 Å². The molecule has 90 valence electrons. The molecule has 4 heteroatoms. The standard InChI is InChI=1S/C13H18N4/c1-10(2)13-16-6-7-17(13)9-11-4-3-5-15-12(11)8-14/h3-7,10H,8-9,14H2,1-2H3. The highest BCUT2D eigenvalue weighted by molar-refractivity contribution is 5.20. The minimum absolute atomic E-state index is 0.419. The molecule has 2 heterocycles. The first-order valence-corrected chi connectivity index (χ1v) is 5.86. The first kappa shape index (κ1) is 11.8. The van der Waals surface area contributed by atoms with Crippen molar-refractivity contribution in [3.05, 3.63) is 47.8 Å². The zero-order chi connectivity index (χ0) is 12.3. The first-order valence-electron chi connectivity index (χ1n) is 5.86. The van der Waals surface area contributed by atoms with Crippen molar-refractivity contribution in [3.8, 4) is 0 Å². The van der Waals surface area contributed by atoms with Crippen LogP contribution in [-0.4, -0.2) is 14.5 Å². The molecule has 0 fully saturated rings. The van der Waals surface area contributed by atoms with E-state index in [1.807, 2.05) is 18.5 Å². The third-order valence-electron chi connectivity index (χ3n) is 2.78. The predicted molar refractivity (Wildman–Crippen MR) is 67.5 cm³/mol. The van der Waals surface area contributed by atoms with Crippen LogP contribution in [0.3, 0.4) is 0 Å². The second-order valence-corrected chi connectivity index (χ2v) is 4.38. The van der Waals surface area contributed by atoms with E-state index in [0.29, 0.717) is 12.5 Å². The van der Waals surface area contributed by atoms with Crippen molar-refractivity contribution in [2.45, 2.75) is 32.9 Å². The fourth-order valence-electron chi connectivity index (χ4n) is 1.94. The molecule has 0 aliphatic rings. The molecule has 2 N–H and O–H groups in total. The van der Waals surface area contributed by atoms with Crippen molar-refractivity contribution in [2.24, 2.45) is 5.73 Å². The third kappa shape index (κ3) is 2.53. The predicted octanol–water partition coefficient (Wildman–Crippen LogP) is 1.91. The molecule has 2 aromatic rings. The molecule has 0 bridgehead atoms. The molecule has 0 radical (unpaired) electrons. The van der Waals surface area contributed by atoms with Crippen LogP contribution in [0.15, 0.2) is 30.7 Å². The Balaban J connectivity index is 2.28. The SMILES string of the molecule is CC(C)c1nccn1Cc1cccnc1CN. The summed E-state index contributed by atoms with van der Waals surface area (Å²) in [5, 5.41) is 0. The van der Waals surface area contributed by atoms with Crippen LogP contribution in [0.1, 0.15) is 36.8 Å². The Labute approximate surface area is 102 Å². The van der Waals surface area contributed by atoms with Gasteiger partial charge in [-0.25, -0.2) is 4.98 Å². The molecule has 17 heavy (non-hydrogen) atoms. The van der Waals surface area contributed by atoms with Gasteiger partial charge in [0.2, 0.25) is 0 Å². The second kappa shape index (κ2) is 5.10. The van der Waals surface area contributed by atoms with Crippen molar-refractivity contribution < 1.29 is 0 Å². The van der Waals surface area contributed by atoms with Crippen LogP contribution in [0.25, 0.3) is 0 Å². The molecule has 0 spiro atoms. The van der Waals surface area contributed by atoms with Crippen molar-refractivity contribution in [1.82, 2.24) is 14.5 Å². The van der Waals surface area contributed by atoms with Crippen molar-refractivity contribution in [3.63, 3.8) is 0 Å². The van der Waals surface area contributed by atoms with Gasteiger partial charge in [0.05, 0.1) is 12.2 Å². The number of hydrogen-bond donors (Lipinski definition) is 1. The Morgan fingerprint density at radius 1 is 1.29 bits per heavy atom. The monoisotopic (exact) mass is 230 g/mol. The highest BCUT2D eigenvalue weighted by Gasteiger charge is 2.09.